The van der Waals surface area contributed by atoms with Crippen molar-refractivity contribution in [1.82, 2.24) is 20.3 Å². The topological polar surface area (TPSA) is 93.9 Å². The monoisotopic (exact) mass is 348 g/mol. The molecule has 1 atom stereocenters. The van der Waals surface area contributed by atoms with E-state index < -0.39 is 9.84 Å². The summed E-state index contributed by atoms with van der Waals surface area (Å²) in [6, 6.07) is 5.57. The zero-order valence-corrected chi connectivity index (χ0v) is 14.7. The van der Waals surface area contributed by atoms with Crippen molar-refractivity contribution in [2.75, 3.05) is 11.5 Å². The van der Waals surface area contributed by atoms with E-state index in [1.54, 1.807) is 11.6 Å². The largest absolute Gasteiger partial charge is 0.347 e. The van der Waals surface area contributed by atoms with Gasteiger partial charge in [-0.2, -0.15) is 0 Å². The number of para-hydroxylation sites is 1. The van der Waals surface area contributed by atoms with Crippen molar-refractivity contribution >= 4 is 15.7 Å². The lowest BCUT2D eigenvalue weighted by molar-refractivity contribution is 0.0935. The maximum atomic E-state index is 12.4. The van der Waals surface area contributed by atoms with Crippen LogP contribution < -0.4 is 5.32 Å². The lowest BCUT2D eigenvalue weighted by atomic mass is 10.1. The van der Waals surface area contributed by atoms with Gasteiger partial charge in [-0.05, 0) is 38.3 Å². The number of hydrogen-bond acceptors (Lipinski definition) is 5. The molecule has 7 nitrogen and oxygen atoms in total. The minimum atomic E-state index is -3.04. The van der Waals surface area contributed by atoms with Gasteiger partial charge < -0.3 is 5.32 Å². The summed E-state index contributed by atoms with van der Waals surface area (Å²) < 4.78 is 24.7. The molecule has 1 aliphatic heterocycles. The Morgan fingerprint density at radius 3 is 2.50 bits per heavy atom. The second kappa shape index (κ2) is 6.01. The van der Waals surface area contributed by atoms with Gasteiger partial charge in [-0.25, -0.2) is 13.1 Å². The molecule has 1 aromatic heterocycles. The minimum absolute atomic E-state index is 0.0111. The van der Waals surface area contributed by atoms with Crippen LogP contribution in [-0.2, 0) is 9.84 Å². The highest BCUT2D eigenvalue weighted by Gasteiger charge is 2.30. The Bertz CT molecular complexity index is 882. The highest BCUT2D eigenvalue weighted by molar-refractivity contribution is 7.91. The summed E-state index contributed by atoms with van der Waals surface area (Å²) in [7, 11) is -3.04. The number of carbonyl (C=O) groups is 1. The standard InChI is InChI=1S/C16H20N4O3S/c1-10-5-4-6-11(2)15(10)20-12(3)14(18-19-20)16(21)17-13-7-8-24(22,23)9-13/h4-6,13H,7-9H2,1-3H3,(H,17,21). The van der Waals surface area contributed by atoms with Crippen LogP contribution in [0.5, 0.6) is 0 Å². The quantitative estimate of drug-likeness (QED) is 0.897. The summed E-state index contributed by atoms with van der Waals surface area (Å²) in [4.78, 5) is 12.4. The average molecular weight is 348 g/mol. The number of nitrogens with zero attached hydrogens (tertiary/aromatic N) is 3. The summed E-state index contributed by atoms with van der Waals surface area (Å²) in [6.45, 7) is 5.74. The summed E-state index contributed by atoms with van der Waals surface area (Å²) in [6.07, 6.45) is 0.443. The van der Waals surface area contributed by atoms with Crippen molar-refractivity contribution in [3.8, 4) is 5.69 Å². The molecule has 2 heterocycles. The molecule has 24 heavy (non-hydrogen) atoms. The third-order valence-electron chi connectivity index (χ3n) is 4.33. The van der Waals surface area contributed by atoms with Crippen molar-refractivity contribution in [3.05, 3.63) is 40.7 Å². The number of benzene rings is 1. The Morgan fingerprint density at radius 1 is 1.25 bits per heavy atom. The van der Waals surface area contributed by atoms with Crippen molar-refractivity contribution in [2.24, 2.45) is 0 Å². The molecule has 1 aromatic carbocycles. The Hall–Kier alpha value is -2.22. The number of nitrogens with one attached hydrogen (secondary N) is 1. The third kappa shape index (κ3) is 3.06. The van der Waals surface area contributed by atoms with Gasteiger partial charge in [0.25, 0.3) is 5.91 Å². The fourth-order valence-corrected chi connectivity index (χ4v) is 4.73. The molecule has 1 unspecified atom stereocenters. The normalized spacial score (nSPS) is 19.4. The number of rotatable bonds is 3. The molecule has 2 aromatic rings. The molecule has 1 saturated heterocycles. The lowest BCUT2D eigenvalue weighted by Crippen LogP contribution is -2.36. The number of amides is 1. The molecule has 0 bridgehead atoms. The first-order valence-corrected chi connectivity index (χ1v) is 9.61. The maximum Gasteiger partial charge on any atom is 0.274 e. The predicted octanol–water partition coefficient (Wildman–Crippen LogP) is 1.11. The number of aromatic nitrogens is 3. The van der Waals surface area contributed by atoms with Crippen molar-refractivity contribution in [2.45, 2.75) is 33.2 Å². The van der Waals surface area contributed by atoms with Crippen molar-refractivity contribution < 1.29 is 13.2 Å². The van der Waals surface area contributed by atoms with Crippen molar-refractivity contribution in [1.29, 1.82) is 0 Å². The molecule has 3 rings (SSSR count). The zero-order chi connectivity index (χ0) is 17.5. The molecule has 0 radical (unpaired) electrons. The van der Waals surface area contributed by atoms with Crippen molar-refractivity contribution in [3.63, 3.8) is 0 Å². The van der Waals surface area contributed by atoms with Crippen LogP contribution in [0.1, 0.15) is 33.7 Å². The molecule has 1 N–H and O–H groups in total. The van der Waals surface area contributed by atoms with E-state index in [0.29, 0.717) is 12.1 Å². The van der Waals surface area contributed by atoms with E-state index in [0.717, 1.165) is 16.8 Å². The van der Waals surface area contributed by atoms with E-state index >= 15 is 0 Å². The molecule has 0 spiro atoms. The first-order valence-electron chi connectivity index (χ1n) is 7.78. The molecule has 0 saturated carbocycles. The number of hydrogen-bond donors (Lipinski definition) is 1. The van der Waals surface area contributed by atoms with E-state index in [1.165, 1.54) is 0 Å². The Labute approximate surface area is 141 Å². The van der Waals surface area contributed by atoms with Crippen LogP contribution in [0.3, 0.4) is 0 Å². The Morgan fingerprint density at radius 2 is 1.92 bits per heavy atom. The summed E-state index contributed by atoms with van der Waals surface area (Å²) in [5.74, 6) is -0.276. The van der Waals surface area contributed by atoms with Crippen LogP contribution >= 0.6 is 0 Å². The average Bonchev–Trinajstić information content (AvgIpc) is 3.02. The van der Waals surface area contributed by atoms with Gasteiger partial charge in [0.1, 0.15) is 0 Å². The van der Waals surface area contributed by atoms with Gasteiger partial charge in [-0.3, -0.25) is 4.79 Å². The van der Waals surface area contributed by atoms with Crippen LogP contribution in [0.25, 0.3) is 5.69 Å². The van der Waals surface area contributed by atoms with Gasteiger partial charge in [0.15, 0.2) is 15.5 Å². The molecular formula is C16H20N4O3S. The Balaban J connectivity index is 1.86. The zero-order valence-electron chi connectivity index (χ0n) is 13.9. The van der Waals surface area contributed by atoms with Gasteiger partial charge in [0.2, 0.25) is 0 Å². The second-order valence-corrected chi connectivity index (χ2v) is 8.48. The van der Waals surface area contributed by atoms with Gasteiger partial charge in [0, 0.05) is 6.04 Å². The third-order valence-corrected chi connectivity index (χ3v) is 6.10. The van der Waals surface area contributed by atoms with Gasteiger partial charge in [0.05, 0.1) is 22.9 Å². The number of aryl methyl sites for hydroxylation is 2. The molecule has 0 aliphatic carbocycles. The fourth-order valence-electron chi connectivity index (χ4n) is 3.05. The molecule has 128 valence electrons. The maximum absolute atomic E-state index is 12.4. The summed E-state index contributed by atoms with van der Waals surface area (Å²) in [5, 5.41) is 10.9. The summed E-state index contributed by atoms with van der Waals surface area (Å²) >= 11 is 0. The second-order valence-electron chi connectivity index (χ2n) is 6.25. The number of sulfone groups is 1. The van der Waals surface area contributed by atoms with Crippen LogP contribution in [0, 0.1) is 20.8 Å². The fraction of sp³-hybridized carbons (Fsp3) is 0.438. The van der Waals surface area contributed by atoms with E-state index in [2.05, 4.69) is 15.6 Å². The highest BCUT2D eigenvalue weighted by Crippen LogP contribution is 2.20. The van der Waals surface area contributed by atoms with E-state index in [1.807, 2.05) is 32.0 Å². The highest BCUT2D eigenvalue weighted by atomic mass is 32.2. The molecule has 1 fully saturated rings. The molecule has 1 aliphatic rings. The molecular weight excluding hydrogens is 328 g/mol. The van der Waals surface area contributed by atoms with E-state index in [-0.39, 0.29) is 29.1 Å². The minimum Gasteiger partial charge on any atom is -0.347 e. The van der Waals surface area contributed by atoms with Crippen LogP contribution in [-0.4, -0.2) is 46.9 Å². The number of carbonyl (C=O) groups excluding carboxylic acids is 1. The van der Waals surface area contributed by atoms with Gasteiger partial charge >= 0.3 is 0 Å². The van der Waals surface area contributed by atoms with Crippen LogP contribution in [0.15, 0.2) is 18.2 Å². The first-order chi connectivity index (χ1) is 11.3. The van der Waals surface area contributed by atoms with Gasteiger partial charge in [-0.1, -0.05) is 23.4 Å². The predicted molar refractivity (Wildman–Crippen MR) is 90.1 cm³/mol. The van der Waals surface area contributed by atoms with Gasteiger partial charge in [-0.15, -0.1) is 5.10 Å². The smallest absolute Gasteiger partial charge is 0.274 e. The lowest BCUT2D eigenvalue weighted by Gasteiger charge is -2.11. The Kier molecular flexibility index (Phi) is 4.16. The van der Waals surface area contributed by atoms with Crippen LogP contribution in [0.4, 0.5) is 0 Å². The molecule has 1 amide bonds. The SMILES string of the molecule is Cc1cccc(C)c1-n1nnc(C(=O)NC2CCS(=O)(=O)C2)c1C. The van der Waals surface area contributed by atoms with E-state index in [9.17, 15) is 13.2 Å². The van der Waals surface area contributed by atoms with Crippen LogP contribution in [0.2, 0.25) is 0 Å². The summed E-state index contributed by atoms with van der Waals surface area (Å²) in [5.41, 5.74) is 3.84. The molecule has 8 heteroatoms. The first kappa shape index (κ1) is 16.6. The van der Waals surface area contributed by atoms with E-state index in [4.69, 9.17) is 0 Å².